The van der Waals surface area contributed by atoms with E-state index >= 15 is 0 Å². The molecule has 1 saturated carbocycles. The lowest BCUT2D eigenvalue weighted by Crippen LogP contribution is -2.46. The molecular formula is C17H23N3O2. The minimum absolute atomic E-state index is 0.0940. The number of nitrogens with zero attached hydrogens (tertiary/aromatic N) is 2. The third-order valence-electron chi connectivity index (χ3n) is 4.39. The van der Waals surface area contributed by atoms with Gasteiger partial charge in [0.2, 0.25) is 5.91 Å². The van der Waals surface area contributed by atoms with Crippen LogP contribution in [0.15, 0.2) is 24.3 Å². The van der Waals surface area contributed by atoms with E-state index in [0.29, 0.717) is 12.1 Å². The average Bonchev–Trinajstić information content (AvgIpc) is 3.35. The molecule has 2 fully saturated rings. The summed E-state index contributed by atoms with van der Waals surface area (Å²) in [4.78, 5) is 28.5. The lowest BCUT2D eigenvalue weighted by molar-refractivity contribution is -0.117. The SMILES string of the molecule is CN1CCN(CC(=O)c2ccc(NC(=O)C3CC3)cc2)CC1. The van der Waals surface area contributed by atoms with Crippen molar-refractivity contribution in [2.24, 2.45) is 5.92 Å². The van der Waals surface area contributed by atoms with Crippen LogP contribution < -0.4 is 5.32 Å². The number of carbonyl (C=O) groups is 2. The van der Waals surface area contributed by atoms with E-state index in [4.69, 9.17) is 0 Å². The van der Waals surface area contributed by atoms with Crippen LogP contribution in [-0.2, 0) is 4.79 Å². The number of rotatable bonds is 5. The first-order valence-corrected chi connectivity index (χ1v) is 7.97. The predicted molar refractivity (Wildman–Crippen MR) is 86.1 cm³/mol. The second-order valence-electron chi connectivity index (χ2n) is 6.34. The number of hydrogen-bond donors (Lipinski definition) is 1. The molecule has 22 heavy (non-hydrogen) atoms. The predicted octanol–water partition coefficient (Wildman–Crippen LogP) is 1.47. The molecule has 0 atom stereocenters. The van der Waals surface area contributed by atoms with Crippen LogP contribution in [0.3, 0.4) is 0 Å². The van der Waals surface area contributed by atoms with Crippen LogP contribution >= 0.6 is 0 Å². The summed E-state index contributed by atoms with van der Waals surface area (Å²) in [6, 6.07) is 7.25. The van der Waals surface area contributed by atoms with Gasteiger partial charge in [0, 0.05) is 43.3 Å². The minimum atomic E-state index is 0.0940. The third-order valence-corrected chi connectivity index (χ3v) is 4.39. The van der Waals surface area contributed by atoms with E-state index in [2.05, 4.69) is 22.2 Å². The standard InChI is InChI=1S/C17H23N3O2/c1-19-8-10-20(11-9-19)12-16(21)13-4-6-15(7-5-13)18-17(22)14-2-3-14/h4-7,14H,2-3,8-12H2,1H3,(H,18,22). The number of likely N-dealkylation sites (N-methyl/N-ethyl adjacent to an activating group) is 1. The maximum atomic E-state index is 12.3. The van der Waals surface area contributed by atoms with Crippen molar-refractivity contribution >= 4 is 17.4 Å². The molecule has 0 aromatic heterocycles. The van der Waals surface area contributed by atoms with Crippen molar-refractivity contribution in [2.45, 2.75) is 12.8 Å². The summed E-state index contributed by atoms with van der Waals surface area (Å²) in [7, 11) is 2.10. The van der Waals surface area contributed by atoms with Gasteiger partial charge in [0.15, 0.2) is 5.78 Å². The van der Waals surface area contributed by atoms with Gasteiger partial charge in [0.25, 0.3) is 0 Å². The molecule has 2 aliphatic rings. The number of nitrogens with one attached hydrogen (secondary N) is 1. The summed E-state index contributed by atoms with van der Waals surface area (Å²) in [5, 5.41) is 2.89. The maximum Gasteiger partial charge on any atom is 0.227 e. The topological polar surface area (TPSA) is 52.6 Å². The first-order valence-electron chi connectivity index (χ1n) is 7.97. The van der Waals surface area contributed by atoms with Gasteiger partial charge >= 0.3 is 0 Å². The molecule has 1 amide bonds. The lowest BCUT2D eigenvalue weighted by Gasteiger charge is -2.31. The van der Waals surface area contributed by atoms with Crippen LogP contribution in [0.2, 0.25) is 0 Å². The Kier molecular flexibility index (Phi) is 4.55. The van der Waals surface area contributed by atoms with Crippen molar-refractivity contribution in [1.29, 1.82) is 0 Å². The number of anilines is 1. The Morgan fingerprint density at radius 2 is 1.73 bits per heavy atom. The zero-order valence-electron chi connectivity index (χ0n) is 13.0. The lowest BCUT2D eigenvalue weighted by atomic mass is 10.1. The second kappa shape index (κ2) is 6.58. The molecule has 0 spiro atoms. The Bertz CT molecular complexity index is 544. The Balaban J connectivity index is 1.52. The van der Waals surface area contributed by atoms with Gasteiger partial charge in [-0.05, 0) is 44.2 Å². The summed E-state index contributed by atoms with van der Waals surface area (Å²) < 4.78 is 0. The van der Waals surface area contributed by atoms with Crippen molar-refractivity contribution in [1.82, 2.24) is 9.80 Å². The van der Waals surface area contributed by atoms with Gasteiger partial charge in [-0.1, -0.05) is 0 Å². The van der Waals surface area contributed by atoms with Gasteiger partial charge in [0.05, 0.1) is 6.54 Å². The number of carbonyl (C=O) groups excluding carboxylic acids is 2. The molecule has 5 nitrogen and oxygen atoms in total. The van der Waals surface area contributed by atoms with Gasteiger partial charge in [-0.2, -0.15) is 0 Å². The van der Waals surface area contributed by atoms with E-state index < -0.39 is 0 Å². The van der Waals surface area contributed by atoms with Crippen LogP contribution in [0.5, 0.6) is 0 Å². The van der Waals surface area contributed by atoms with E-state index in [1.807, 2.05) is 12.1 Å². The van der Waals surface area contributed by atoms with Gasteiger partial charge in [-0.3, -0.25) is 14.5 Å². The Labute approximate surface area is 131 Å². The average molecular weight is 301 g/mol. The van der Waals surface area contributed by atoms with Crippen LogP contribution in [0.4, 0.5) is 5.69 Å². The number of amides is 1. The molecule has 1 aliphatic carbocycles. The smallest absolute Gasteiger partial charge is 0.227 e. The highest BCUT2D eigenvalue weighted by atomic mass is 16.2. The highest BCUT2D eigenvalue weighted by Crippen LogP contribution is 2.30. The third kappa shape index (κ3) is 3.93. The van der Waals surface area contributed by atoms with E-state index in [1.165, 1.54) is 0 Å². The molecule has 118 valence electrons. The van der Waals surface area contributed by atoms with E-state index in [0.717, 1.165) is 44.7 Å². The van der Waals surface area contributed by atoms with Crippen LogP contribution in [0.1, 0.15) is 23.2 Å². The van der Waals surface area contributed by atoms with E-state index in [9.17, 15) is 9.59 Å². The highest BCUT2D eigenvalue weighted by molar-refractivity contribution is 5.99. The van der Waals surface area contributed by atoms with Crippen molar-refractivity contribution in [2.75, 3.05) is 45.1 Å². The van der Waals surface area contributed by atoms with E-state index in [1.54, 1.807) is 12.1 Å². The normalized spacial score (nSPS) is 19.9. The molecule has 5 heteroatoms. The Morgan fingerprint density at radius 1 is 1.09 bits per heavy atom. The zero-order chi connectivity index (χ0) is 15.5. The van der Waals surface area contributed by atoms with Gasteiger partial charge in [-0.25, -0.2) is 0 Å². The number of ketones is 1. The maximum absolute atomic E-state index is 12.3. The molecule has 1 aromatic rings. The quantitative estimate of drug-likeness (QED) is 0.837. The fraction of sp³-hybridized carbons (Fsp3) is 0.529. The highest BCUT2D eigenvalue weighted by Gasteiger charge is 2.29. The molecule has 1 saturated heterocycles. The minimum Gasteiger partial charge on any atom is -0.326 e. The van der Waals surface area contributed by atoms with Gasteiger partial charge in [-0.15, -0.1) is 0 Å². The Morgan fingerprint density at radius 3 is 2.32 bits per heavy atom. The summed E-state index contributed by atoms with van der Waals surface area (Å²) in [6.45, 7) is 4.38. The van der Waals surface area contributed by atoms with Crippen molar-refractivity contribution in [3.05, 3.63) is 29.8 Å². The van der Waals surface area contributed by atoms with Gasteiger partial charge in [0.1, 0.15) is 0 Å². The summed E-state index contributed by atoms with van der Waals surface area (Å²) in [6.07, 6.45) is 1.99. The molecule has 1 aromatic carbocycles. The van der Waals surface area contributed by atoms with Crippen LogP contribution in [0, 0.1) is 5.92 Å². The zero-order valence-corrected chi connectivity index (χ0v) is 13.0. The fourth-order valence-electron chi connectivity index (χ4n) is 2.63. The molecule has 1 aliphatic heterocycles. The summed E-state index contributed by atoms with van der Waals surface area (Å²) in [5.74, 6) is 0.430. The van der Waals surface area contributed by atoms with Crippen molar-refractivity contribution in [3.63, 3.8) is 0 Å². The van der Waals surface area contributed by atoms with Crippen LogP contribution in [-0.4, -0.2) is 61.3 Å². The number of piperazine rings is 1. The number of benzene rings is 1. The molecule has 1 N–H and O–H groups in total. The molecule has 0 bridgehead atoms. The summed E-state index contributed by atoms with van der Waals surface area (Å²) in [5.41, 5.74) is 1.48. The number of Topliss-reactive ketones (excluding diaryl/α,β-unsaturated/α-hetero) is 1. The second-order valence-corrected chi connectivity index (χ2v) is 6.34. The first kappa shape index (κ1) is 15.2. The molecule has 1 heterocycles. The van der Waals surface area contributed by atoms with E-state index in [-0.39, 0.29) is 17.6 Å². The molecule has 3 rings (SSSR count). The monoisotopic (exact) mass is 301 g/mol. The fourth-order valence-corrected chi connectivity index (χ4v) is 2.63. The molecule has 0 radical (unpaired) electrons. The molecular weight excluding hydrogens is 278 g/mol. The van der Waals surface area contributed by atoms with Crippen molar-refractivity contribution in [3.8, 4) is 0 Å². The van der Waals surface area contributed by atoms with Crippen LogP contribution in [0.25, 0.3) is 0 Å². The Hall–Kier alpha value is -1.72. The van der Waals surface area contributed by atoms with Gasteiger partial charge < -0.3 is 10.2 Å². The molecule has 0 unspecified atom stereocenters. The summed E-state index contributed by atoms with van der Waals surface area (Å²) >= 11 is 0. The first-order chi connectivity index (χ1) is 10.6. The van der Waals surface area contributed by atoms with Crippen molar-refractivity contribution < 1.29 is 9.59 Å². The number of hydrogen-bond acceptors (Lipinski definition) is 4. The largest absolute Gasteiger partial charge is 0.326 e.